The van der Waals surface area contributed by atoms with Crippen LogP contribution >= 0.6 is 23.2 Å². The Morgan fingerprint density at radius 2 is 2.07 bits per heavy atom. The molecule has 0 aliphatic rings. The van der Waals surface area contributed by atoms with E-state index in [0.717, 1.165) is 6.07 Å². The number of nitro groups is 1. The molecule has 0 saturated heterocycles. The number of nitrogens with two attached hydrogens (primary N) is 1. The largest absolute Gasteiger partial charge is 0.366 e. The van der Waals surface area contributed by atoms with Gasteiger partial charge in [-0.1, -0.05) is 23.2 Å². The molecule has 0 saturated carbocycles. The van der Waals surface area contributed by atoms with Crippen LogP contribution in [0.25, 0.3) is 0 Å². The molecule has 0 radical (unpaired) electrons. The summed E-state index contributed by atoms with van der Waals surface area (Å²) in [5.41, 5.74) is 4.84. The van der Waals surface area contributed by atoms with Gasteiger partial charge in [-0.3, -0.25) is 14.9 Å². The van der Waals surface area contributed by atoms with Gasteiger partial charge in [0.25, 0.3) is 5.69 Å². The number of carbonyl (C=O) groups excluding carboxylic acids is 1. The third-order valence-electron chi connectivity index (χ3n) is 1.75. The molecule has 0 heterocycles. The second-order valence-corrected chi connectivity index (χ2v) is 3.79. The smallest absolute Gasteiger partial charge is 0.276 e. The molecule has 0 fully saturated rings. The van der Waals surface area contributed by atoms with Crippen molar-refractivity contribution in [2.75, 3.05) is 0 Å². The van der Waals surface area contributed by atoms with Crippen molar-refractivity contribution in [1.29, 1.82) is 0 Å². The molecule has 7 heteroatoms. The first-order valence-corrected chi connectivity index (χ1v) is 4.67. The zero-order chi connectivity index (χ0) is 11.6. The van der Waals surface area contributed by atoms with E-state index < -0.39 is 15.7 Å². The number of hydrogen-bond donors (Lipinski definition) is 1. The maximum Gasteiger partial charge on any atom is 0.276 e. The molecule has 1 amide bonds. The van der Waals surface area contributed by atoms with Gasteiger partial charge in [-0.25, -0.2) is 0 Å². The number of hydrogen-bond acceptors (Lipinski definition) is 3. The standard InChI is InChI=1S/C8H6Cl2N2O3/c9-7(10)5-2-1-4(8(11)13)3-6(5)12(14)15/h1-3,7H,(H2,11,13). The summed E-state index contributed by atoms with van der Waals surface area (Å²) < 4.78 is 0. The molecule has 0 aliphatic heterocycles. The third kappa shape index (κ3) is 2.57. The molecule has 0 atom stereocenters. The molecule has 15 heavy (non-hydrogen) atoms. The van der Waals surface area contributed by atoms with Gasteiger partial charge in [0, 0.05) is 11.6 Å². The summed E-state index contributed by atoms with van der Waals surface area (Å²) in [4.78, 5) is 19.7. The van der Waals surface area contributed by atoms with Crippen LogP contribution in [-0.4, -0.2) is 10.8 Å². The fourth-order valence-electron chi connectivity index (χ4n) is 1.04. The lowest BCUT2D eigenvalue weighted by atomic mass is 10.1. The van der Waals surface area contributed by atoms with Crippen molar-refractivity contribution in [2.24, 2.45) is 5.73 Å². The van der Waals surface area contributed by atoms with E-state index in [1.807, 2.05) is 0 Å². The van der Waals surface area contributed by atoms with Crippen molar-refractivity contribution in [3.05, 3.63) is 39.4 Å². The number of carbonyl (C=O) groups is 1. The monoisotopic (exact) mass is 248 g/mol. The van der Waals surface area contributed by atoms with Crippen molar-refractivity contribution < 1.29 is 9.72 Å². The van der Waals surface area contributed by atoms with Crippen LogP contribution in [0.2, 0.25) is 0 Å². The molecule has 0 spiro atoms. The van der Waals surface area contributed by atoms with Crippen LogP contribution in [-0.2, 0) is 0 Å². The van der Waals surface area contributed by atoms with E-state index in [-0.39, 0.29) is 16.8 Å². The maximum atomic E-state index is 10.8. The minimum Gasteiger partial charge on any atom is -0.366 e. The first-order chi connectivity index (χ1) is 6.93. The molecule has 0 aromatic heterocycles. The number of nitro benzene ring substituents is 1. The topological polar surface area (TPSA) is 86.2 Å². The first-order valence-electron chi connectivity index (χ1n) is 3.79. The number of nitrogens with zero attached hydrogens (tertiary/aromatic N) is 1. The molecule has 5 nitrogen and oxygen atoms in total. The van der Waals surface area contributed by atoms with Crippen LogP contribution in [0, 0.1) is 10.1 Å². The zero-order valence-corrected chi connectivity index (χ0v) is 8.83. The normalized spacial score (nSPS) is 10.3. The highest BCUT2D eigenvalue weighted by Gasteiger charge is 2.20. The van der Waals surface area contributed by atoms with Crippen molar-refractivity contribution in [3.8, 4) is 0 Å². The molecule has 2 N–H and O–H groups in total. The van der Waals surface area contributed by atoms with Gasteiger partial charge in [0.1, 0.15) is 4.84 Å². The van der Waals surface area contributed by atoms with Gasteiger partial charge in [-0.15, -0.1) is 0 Å². The van der Waals surface area contributed by atoms with Gasteiger partial charge in [0.15, 0.2) is 0 Å². The predicted molar refractivity (Wildman–Crippen MR) is 56.1 cm³/mol. The van der Waals surface area contributed by atoms with Gasteiger partial charge in [0.2, 0.25) is 5.91 Å². The van der Waals surface area contributed by atoms with Gasteiger partial charge >= 0.3 is 0 Å². The van der Waals surface area contributed by atoms with E-state index in [4.69, 9.17) is 28.9 Å². The van der Waals surface area contributed by atoms with E-state index in [2.05, 4.69) is 0 Å². The Bertz CT molecular complexity index is 420. The lowest BCUT2D eigenvalue weighted by Gasteiger charge is -2.04. The predicted octanol–water partition coefficient (Wildman–Crippen LogP) is 2.17. The Labute approximate surface area is 94.9 Å². The van der Waals surface area contributed by atoms with Crippen molar-refractivity contribution >= 4 is 34.8 Å². The van der Waals surface area contributed by atoms with Crippen LogP contribution in [0.15, 0.2) is 18.2 Å². The Hall–Kier alpha value is -1.33. The second-order valence-electron chi connectivity index (χ2n) is 2.70. The lowest BCUT2D eigenvalue weighted by molar-refractivity contribution is -0.385. The van der Waals surface area contributed by atoms with Crippen LogP contribution in [0.1, 0.15) is 20.8 Å². The van der Waals surface area contributed by atoms with Crippen molar-refractivity contribution in [1.82, 2.24) is 0 Å². The number of halogens is 2. The van der Waals surface area contributed by atoms with E-state index in [1.54, 1.807) is 0 Å². The minimum atomic E-state index is -1.02. The summed E-state index contributed by atoms with van der Waals surface area (Å²) in [6.07, 6.45) is 0. The Morgan fingerprint density at radius 3 is 2.47 bits per heavy atom. The number of rotatable bonds is 3. The SMILES string of the molecule is NC(=O)c1ccc(C(Cl)Cl)c([N+](=O)[O-])c1. The maximum absolute atomic E-state index is 10.8. The Balaban J connectivity index is 3.33. The van der Waals surface area contributed by atoms with E-state index in [0.29, 0.717) is 0 Å². The highest BCUT2D eigenvalue weighted by atomic mass is 35.5. The van der Waals surface area contributed by atoms with E-state index in [9.17, 15) is 14.9 Å². The summed E-state index contributed by atoms with van der Waals surface area (Å²) in [6.45, 7) is 0. The van der Waals surface area contributed by atoms with Crippen LogP contribution in [0.5, 0.6) is 0 Å². The fraction of sp³-hybridized carbons (Fsp3) is 0.125. The van der Waals surface area contributed by atoms with Crippen LogP contribution in [0.3, 0.4) is 0 Å². The molecule has 1 rings (SSSR count). The van der Waals surface area contributed by atoms with Crippen LogP contribution < -0.4 is 5.73 Å². The van der Waals surface area contributed by atoms with Gasteiger partial charge < -0.3 is 5.73 Å². The van der Waals surface area contributed by atoms with Gasteiger partial charge in [-0.2, -0.15) is 0 Å². The second kappa shape index (κ2) is 4.46. The molecule has 80 valence electrons. The summed E-state index contributed by atoms with van der Waals surface area (Å²) in [7, 11) is 0. The Kier molecular flexibility index (Phi) is 3.49. The molecular weight excluding hydrogens is 243 g/mol. The van der Waals surface area contributed by atoms with Crippen LogP contribution in [0.4, 0.5) is 5.69 Å². The molecule has 0 bridgehead atoms. The quantitative estimate of drug-likeness (QED) is 0.505. The number of primary amides is 1. The highest BCUT2D eigenvalue weighted by Crippen LogP contribution is 2.32. The van der Waals surface area contributed by atoms with Crippen molar-refractivity contribution in [3.63, 3.8) is 0 Å². The fourth-order valence-corrected chi connectivity index (χ4v) is 1.41. The average Bonchev–Trinajstić information content (AvgIpc) is 2.16. The third-order valence-corrected chi connectivity index (χ3v) is 2.22. The van der Waals surface area contributed by atoms with E-state index in [1.165, 1.54) is 12.1 Å². The Morgan fingerprint density at radius 1 is 1.47 bits per heavy atom. The number of alkyl halides is 2. The van der Waals surface area contributed by atoms with Gasteiger partial charge in [0.05, 0.1) is 10.5 Å². The molecule has 0 aliphatic carbocycles. The number of benzene rings is 1. The van der Waals surface area contributed by atoms with Gasteiger partial charge in [-0.05, 0) is 12.1 Å². The summed E-state index contributed by atoms with van der Waals surface area (Å²) >= 11 is 11.1. The zero-order valence-electron chi connectivity index (χ0n) is 7.31. The summed E-state index contributed by atoms with van der Waals surface area (Å²) in [5, 5.41) is 10.6. The molecule has 1 aromatic rings. The van der Waals surface area contributed by atoms with E-state index >= 15 is 0 Å². The van der Waals surface area contributed by atoms with Crippen molar-refractivity contribution in [2.45, 2.75) is 4.84 Å². The lowest BCUT2D eigenvalue weighted by Crippen LogP contribution is -2.11. The summed E-state index contributed by atoms with van der Waals surface area (Å²) in [5.74, 6) is -0.745. The average molecular weight is 249 g/mol. The molecular formula is C8H6Cl2N2O3. The number of amides is 1. The molecule has 0 unspecified atom stereocenters. The molecule has 1 aromatic carbocycles. The first kappa shape index (κ1) is 11.7. The summed E-state index contributed by atoms with van der Waals surface area (Å²) in [6, 6.07) is 3.70. The minimum absolute atomic E-state index is 0.0411. The highest BCUT2D eigenvalue weighted by molar-refractivity contribution is 6.44.